The second-order valence-electron chi connectivity index (χ2n) is 5.67. The molecule has 4 nitrogen and oxygen atoms in total. The Kier molecular flexibility index (Phi) is 5.78. The maximum atomic E-state index is 14.0. The number of halogens is 2. The summed E-state index contributed by atoms with van der Waals surface area (Å²) in [6.07, 6.45) is 0.700. The third-order valence-corrected chi connectivity index (χ3v) is 4.24. The zero-order valence-corrected chi connectivity index (χ0v) is 13.7. The monoisotopic (exact) mass is 329 g/mol. The van der Waals surface area contributed by atoms with Crippen molar-refractivity contribution in [1.29, 1.82) is 0 Å². The van der Waals surface area contributed by atoms with Crippen LogP contribution in [0.5, 0.6) is 0 Å². The van der Waals surface area contributed by atoms with Crippen LogP contribution in [0.2, 0.25) is 0 Å². The van der Waals surface area contributed by atoms with Gasteiger partial charge in [0.1, 0.15) is 17.3 Å². The molecule has 2 rings (SSSR count). The van der Waals surface area contributed by atoms with E-state index in [-0.39, 0.29) is 24.1 Å². The van der Waals surface area contributed by atoms with Gasteiger partial charge in [-0.1, -0.05) is 12.1 Å². The predicted octanol–water partition coefficient (Wildman–Crippen LogP) is 2.51. The number of rotatable bonds is 6. The topological polar surface area (TPSA) is 38.8 Å². The van der Waals surface area contributed by atoms with Crippen molar-refractivity contribution in [2.75, 3.05) is 32.7 Å². The zero-order valence-electron chi connectivity index (χ0n) is 12.9. The van der Waals surface area contributed by atoms with Crippen molar-refractivity contribution in [3.05, 3.63) is 35.1 Å². The summed E-state index contributed by atoms with van der Waals surface area (Å²) in [5.41, 5.74) is 0.770. The van der Waals surface area contributed by atoms with E-state index >= 15 is 0 Å². The number of nitrogens with zero attached hydrogens (tertiary/aromatic N) is 1. The molecule has 1 saturated heterocycles. The molecule has 0 radical (unpaired) electrons. The summed E-state index contributed by atoms with van der Waals surface area (Å²) in [5, 5.41) is 0. The Labute approximate surface area is 135 Å². The van der Waals surface area contributed by atoms with Crippen LogP contribution in [0, 0.1) is 12.7 Å². The van der Waals surface area contributed by atoms with Gasteiger partial charge in [0.25, 0.3) is 0 Å². The highest BCUT2D eigenvalue weighted by Gasteiger charge is 2.38. The summed E-state index contributed by atoms with van der Waals surface area (Å²) in [6.45, 7) is 3.34. The van der Waals surface area contributed by atoms with Gasteiger partial charge in [-0.2, -0.15) is 0 Å². The highest BCUT2D eigenvalue weighted by molar-refractivity contribution is 6.27. The van der Waals surface area contributed by atoms with Crippen LogP contribution in [0.1, 0.15) is 17.5 Å². The first kappa shape index (κ1) is 17.2. The summed E-state index contributed by atoms with van der Waals surface area (Å²) < 4.78 is 25.0. The fourth-order valence-electron chi connectivity index (χ4n) is 2.59. The van der Waals surface area contributed by atoms with Gasteiger partial charge in [-0.05, 0) is 18.6 Å². The van der Waals surface area contributed by atoms with Crippen LogP contribution in [-0.2, 0) is 20.8 Å². The van der Waals surface area contributed by atoms with Gasteiger partial charge in [0.15, 0.2) is 0 Å². The lowest BCUT2D eigenvalue weighted by molar-refractivity contribution is -0.134. The molecule has 1 aliphatic heterocycles. The van der Waals surface area contributed by atoms with Crippen LogP contribution in [-0.4, -0.2) is 49.2 Å². The molecule has 122 valence electrons. The average Bonchev–Trinajstić information content (AvgIpc) is 2.97. The standard InChI is InChI=1S/C16H21ClFNO3/c1-12-3-4-13(14(18)7-12)9-19(15(20)8-17)10-16(21-2)5-6-22-11-16/h3-4,7H,5-6,8-11H2,1-2H3. The lowest BCUT2D eigenvalue weighted by atomic mass is 10.0. The van der Waals surface area contributed by atoms with Crippen molar-refractivity contribution in [2.24, 2.45) is 0 Å². The Hall–Kier alpha value is -1.17. The lowest BCUT2D eigenvalue weighted by Gasteiger charge is -2.33. The summed E-state index contributed by atoms with van der Waals surface area (Å²) >= 11 is 5.69. The molecule has 1 heterocycles. The van der Waals surface area contributed by atoms with Crippen molar-refractivity contribution >= 4 is 17.5 Å². The highest BCUT2D eigenvalue weighted by atomic mass is 35.5. The molecule has 1 aromatic rings. The van der Waals surface area contributed by atoms with Gasteiger partial charge in [0.2, 0.25) is 5.91 Å². The van der Waals surface area contributed by atoms with Gasteiger partial charge in [-0.15, -0.1) is 11.6 Å². The summed E-state index contributed by atoms with van der Waals surface area (Å²) in [6, 6.07) is 4.99. The second-order valence-corrected chi connectivity index (χ2v) is 5.94. The Balaban J connectivity index is 2.17. The molecule has 22 heavy (non-hydrogen) atoms. The van der Waals surface area contributed by atoms with Crippen LogP contribution in [0.3, 0.4) is 0 Å². The van der Waals surface area contributed by atoms with Gasteiger partial charge >= 0.3 is 0 Å². The Morgan fingerprint density at radius 1 is 1.55 bits per heavy atom. The fourth-order valence-corrected chi connectivity index (χ4v) is 2.76. The van der Waals surface area contributed by atoms with Gasteiger partial charge in [-0.3, -0.25) is 4.79 Å². The largest absolute Gasteiger partial charge is 0.378 e. The van der Waals surface area contributed by atoms with Crippen molar-refractivity contribution < 1.29 is 18.7 Å². The third-order valence-electron chi connectivity index (χ3n) is 4.02. The number of hydrogen-bond acceptors (Lipinski definition) is 3. The smallest absolute Gasteiger partial charge is 0.237 e. The van der Waals surface area contributed by atoms with Crippen molar-refractivity contribution in [2.45, 2.75) is 25.5 Å². The first-order chi connectivity index (χ1) is 10.5. The minimum absolute atomic E-state index is 0.145. The number of benzene rings is 1. The molecular weight excluding hydrogens is 309 g/mol. The minimum Gasteiger partial charge on any atom is -0.378 e. The molecule has 0 N–H and O–H groups in total. The lowest BCUT2D eigenvalue weighted by Crippen LogP contribution is -2.47. The summed E-state index contributed by atoms with van der Waals surface area (Å²) in [4.78, 5) is 13.7. The zero-order chi connectivity index (χ0) is 16.2. The molecule has 0 aromatic heterocycles. The highest BCUT2D eigenvalue weighted by Crippen LogP contribution is 2.25. The van der Waals surface area contributed by atoms with Crippen molar-refractivity contribution in [1.82, 2.24) is 4.90 Å². The van der Waals surface area contributed by atoms with E-state index in [1.807, 2.05) is 13.0 Å². The van der Waals surface area contributed by atoms with Crippen molar-refractivity contribution in [3.8, 4) is 0 Å². The minimum atomic E-state index is -0.539. The number of aryl methyl sites for hydroxylation is 1. The van der Waals surface area contributed by atoms with Crippen LogP contribution >= 0.6 is 11.6 Å². The Bertz CT molecular complexity index is 532. The van der Waals surface area contributed by atoms with E-state index in [1.165, 1.54) is 6.07 Å². The van der Waals surface area contributed by atoms with Gasteiger partial charge in [-0.25, -0.2) is 4.39 Å². The van der Waals surface area contributed by atoms with E-state index in [0.29, 0.717) is 31.7 Å². The molecule has 1 atom stereocenters. The number of hydrogen-bond donors (Lipinski definition) is 0. The number of methoxy groups -OCH3 is 1. The second kappa shape index (κ2) is 7.40. The Morgan fingerprint density at radius 2 is 2.32 bits per heavy atom. The van der Waals surface area contributed by atoms with E-state index in [1.54, 1.807) is 18.1 Å². The van der Waals surface area contributed by atoms with E-state index in [9.17, 15) is 9.18 Å². The van der Waals surface area contributed by atoms with Crippen LogP contribution in [0.4, 0.5) is 4.39 Å². The van der Waals surface area contributed by atoms with Crippen molar-refractivity contribution in [3.63, 3.8) is 0 Å². The fraction of sp³-hybridized carbons (Fsp3) is 0.562. The van der Waals surface area contributed by atoms with Gasteiger partial charge in [0, 0.05) is 32.2 Å². The maximum Gasteiger partial charge on any atom is 0.237 e. The first-order valence-corrected chi connectivity index (χ1v) is 7.75. The molecule has 1 aliphatic rings. The quantitative estimate of drug-likeness (QED) is 0.753. The number of carbonyl (C=O) groups is 1. The maximum absolute atomic E-state index is 14.0. The molecule has 1 fully saturated rings. The number of alkyl halides is 1. The summed E-state index contributed by atoms with van der Waals surface area (Å²) in [5.74, 6) is -0.708. The predicted molar refractivity (Wildman–Crippen MR) is 82.5 cm³/mol. The molecule has 1 unspecified atom stereocenters. The van der Waals surface area contributed by atoms with E-state index in [2.05, 4.69) is 0 Å². The van der Waals surface area contributed by atoms with Crippen LogP contribution in [0.15, 0.2) is 18.2 Å². The molecule has 0 aliphatic carbocycles. The molecule has 6 heteroatoms. The van der Waals surface area contributed by atoms with Crippen LogP contribution in [0.25, 0.3) is 0 Å². The molecule has 0 spiro atoms. The molecule has 0 saturated carbocycles. The van der Waals surface area contributed by atoms with E-state index in [4.69, 9.17) is 21.1 Å². The van der Waals surface area contributed by atoms with Gasteiger partial charge in [0.05, 0.1) is 13.2 Å². The SMILES string of the molecule is COC1(CN(Cc2ccc(C)cc2F)C(=O)CCl)CCOC1. The van der Waals surface area contributed by atoms with Gasteiger partial charge < -0.3 is 14.4 Å². The molecule has 0 bridgehead atoms. The summed E-state index contributed by atoms with van der Waals surface area (Å²) in [7, 11) is 1.60. The van der Waals surface area contributed by atoms with Crippen LogP contribution < -0.4 is 0 Å². The van der Waals surface area contributed by atoms with E-state index < -0.39 is 5.60 Å². The first-order valence-electron chi connectivity index (χ1n) is 7.21. The number of amides is 1. The molecule has 1 amide bonds. The number of carbonyl (C=O) groups excluding carboxylic acids is 1. The van der Waals surface area contributed by atoms with E-state index in [0.717, 1.165) is 5.56 Å². The average molecular weight is 330 g/mol. The normalized spacial score (nSPS) is 21.1. The number of ether oxygens (including phenoxy) is 2. The molecular formula is C16H21ClFNO3. The Morgan fingerprint density at radius 3 is 2.86 bits per heavy atom. The third kappa shape index (κ3) is 3.97. The molecule has 1 aromatic carbocycles.